The third-order valence-electron chi connectivity index (χ3n) is 12.4. The summed E-state index contributed by atoms with van der Waals surface area (Å²) in [5.41, 5.74) is 6.84. The number of carbonyl (C=O) groups excluding carboxylic acids is 4. The minimum atomic E-state index is -0.402. The van der Waals surface area contributed by atoms with Crippen LogP contribution < -0.4 is 14.7 Å². The quantitative estimate of drug-likeness (QED) is 0.0966. The van der Waals surface area contributed by atoms with Crippen LogP contribution >= 0.6 is 15.9 Å². The number of benzene rings is 4. The Kier molecular flexibility index (Phi) is 18.4. The van der Waals surface area contributed by atoms with Gasteiger partial charge in [0.15, 0.2) is 0 Å². The lowest BCUT2D eigenvalue weighted by atomic mass is 9.88. The van der Waals surface area contributed by atoms with E-state index >= 15 is 0 Å². The number of ether oxygens (including phenoxy) is 2. The van der Waals surface area contributed by atoms with E-state index < -0.39 is 11.9 Å². The molecule has 1 saturated heterocycles. The number of hydrogen-bond acceptors (Lipinski definition) is 8. The number of methoxy groups -OCH3 is 2. The highest BCUT2D eigenvalue weighted by Gasteiger charge is 2.29. The summed E-state index contributed by atoms with van der Waals surface area (Å²) < 4.78 is 10.4. The van der Waals surface area contributed by atoms with Gasteiger partial charge in [0.2, 0.25) is 11.8 Å². The van der Waals surface area contributed by atoms with Gasteiger partial charge in [-0.3, -0.25) is 9.59 Å². The molecule has 4 aromatic rings. The Hall–Kier alpha value is -5.52. The molecule has 2 aliphatic carbocycles. The van der Waals surface area contributed by atoms with E-state index in [1.165, 1.54) is 44.9 Å². The van der Waals surface area contributed by atoms with Crippen molar-refractivity contribution in [2.24, 2.45) is 11.8 Å². The SMILES string of the molecule is COC(=O)/C=C/c1cccc(N(Cc2ccc(Br)cc2)C(=O)C2CCCCC2)c1.COC(=O)/C=C/c1cccc(N(Cc2ccc(N3CCN(C)CC3)cc2)C(=O)C2CCCCC2)c1. The summed E-state index contributed by atoms with van der Waals surface area (Å²) in [5, 5.41) is 0. The predicted molar refractivity (Wildman–Crippen MR) is 261 cm³/mol. The first-order valence-electron chi connectivity index (χ1n) is 22.7. The molecule has 64 heavy (non-hydrogen) atoms. The molecule has 0 bridgehead atoms. The van der Waals surface area contributed by atoms with Crippen LogP contribution in [0.15, 0.2) is 114 Å². The Bertz CT molecular complexity index is 2200. The Labute approximate surface area is 388 Å². The fourth-order valence-electron chi connectivity index (χ4n) is 8.62. The van der Waals surface area contributed by atoms with Gasteiger partial charge in [0.25, 0.3) is 0 Å². The van der Waals surface area contributed by atoms with Gasteiger partial charge in [-0.1, -0.05) is 103 Å². The van der Waals surface area contributed by atoms with E-state index in [0.717, 1.165) is 116 Å². The van der Waals surface area contributed by atoms with Crippen LogP contribution in [0.1, 0.15) is 86.5 Å². The minimum absolute atomic E-state index is 0.0719. The number of piperazine rings is 1. The Morgan fingerprint density at radius 3 is 1.44 bits per heavy atom. The number of anilines is 3. The molecule has 11 heteroatoms. The van der Waals surface area contributed by atoms with Crippen LogP contribution in [-0.2, 0) is 41.7 Å². The standard InChI is InChI=1S/C29H37N3O3.C24H26BrNO3/c1-30-17-19-31(20-18-30)26-14-11-24(12-15-26)22-32(29(34)25-8-4-3-5-9-25)27-10-6-7-23(21-27)13-16-28(33)35-2;1-29-23(27)15-12-18-6-5-9-22(16-18)26(17-19-10-13-21(25)14-11-19)24(28)20-7-3-2-4-8-20/h6-7,10-16,21,25H,3-5,8-9,17-20,22H2,1-2H3;5-6,9-16,20H,2-4,7-8,17H2,1H3/b16-13+;15-12+. The molecule has 0 aromatic heterocycles. The van der Waals surface area contributed by atoms with Crippen LogP contribution in [0.2, 0.25) is 0 Å². The average molecular weight is 932 g/mol. The zero-order valence-electron chi connectivity index (χ0n) is 37.6. The van der Waals surface area contributed by atoms with E-state index in [1.54, 1.807) is 12.2 Å². The van der Waals surface area contributed by atoms with E-state index in [1.807, 2.05) is 82.6 Å². The summed E-state index contributed by atoms with van der Waals surface area (Å²) >= 11 is 3.47. The average Bonchev–Trinajstić information content (AvgIpc) is 3.35. The maximum atomic E-state index is 13.7. The molecule has 0 radical (unpaired) electrons. The fraction of sp³-hybridized carbons (Fsp3) is 0.396. The van der Waals surface area contributed by atoms with Gasteiger partial charge in [-0.05, 0) is 116 Å². The molecule has 3 fully saturated rings. The van der Waals surface area contributed by atoms with Crippen LogP contribution in [0.25, 0.3) is 12.2 Å². The topological polar surface area (TPSA) is 99.7 Å². The zero-order chi connectivity index (χ0) is 45.3. The zero-order valence-corrected chi connectivity index (χ0v) is 39.2. The molecule has 0 N–H and O–H groups in total. The third kappa shape index (κ3) is 14.2. The van der Waals surface area contributed by atoms with Crippen molar-refractivity contribution in [2.45, 2.75) is 77.3 Å². The van der Waals surface area contributed by atoms with E-state index in [4.69, 9.17) is 4.74 Å². The molecular formula is C53H63BrN4O6. The van der Waals surface area contributed by atoms with Crippen molar-refractivity contribution >= 4 is 68.9 Å². The Morgan fingerprint density at radius 2 is 1.02 bits per heavy atom. The highest BCUT2D eigenvalue weighted by molar-refractivity contribution is 9.10. The Morgan fingerprint density at radius 1 is 0.594 bits per heavy atom. The van der Waals surface area contributed by atoms with Gasteiger partial charge in [0.1, 0.15) is 0 Å². The van der Waals surface area contributed by atoms with Crippen LogP contribution in [0, 0.1) is 11.8 Å². The third-order valence-corrected chi connectivity index (χ3v) is 13.0. The number of halogens is 1. The molecule has 1 aliphatic heterocycles. The van der Waals surface area contributed by atoms with Crippen LogP contribution in [0.4, 0.5) is 17.1 Å². The molecule has 2 amide bonds. The maximum absolute atomic E-state index is 13.7. The van der Waals surface area contributed by atoms with Crippen molar-refractivity contribution in [3.8, 4) is 0 Å². The van der Waals surface area contributed by atoms with Gasteiger partial charge in [0, 0.05) is 71.7 Å². The van der Waals surface area contributed by atoms with E-state index in [0.29, 0.717) is 13.1 Å². The van der Waals surface area contributed by atoms with Gasteiger partial charge >= 0.3 is 11.9 Å². The van der Waals surface area contributed by atoms with Gasteiger partial charge in [-0.25, -0.2) is 9.59 Å². The lowest BCUT2D eigenvalue weighted by molar-refractivity contribution is -0.135. The molecule has 0 spiro atoms. The van der Waals surface area contributed by atoms with Gasteiger partial charge < -0.3 is 29.1 Å². The summed E-state index contributed by atoms with van der Waals surface area (Å²) in [6.45, 7) is 5.27. The normalized spacial score (nSPS) is 16.2. The number of amides is 2. The summed E-state index contributed by atoms with van der Waals surface area (Å²) in [6, 6.07) is 32.2. The summed E-state index contributed by atoms with van der Waals surface area (Å²) in [6.07, 6.45) is 16.9. The summed E-state index contributed by atoms with van der Waals surface area (Å²) in [5.74, 6) is -0.272. The molecular weight excluding hydrogens is 869 g/mol. The van der Waals surface area contributed by atoms with Crippen molar-refractivity contribution in [1.29, 1.82) is 0 Å². The lowest BCUT2D eigenvalue weighted by Gasteiger charge is -2.34. The second-order valence-electron chi connectivity index (χ2n) is 17.0. The van der Waals surface area contributed by atoms with Crippen molar-refractivity contribution in [2.75, 3.05) is 62.1 Å². The number of carbonyl (C=O) groups is 4. The van der Waals surface area contributed by atoms with Gasteiger partial charge in [0.05, 0.1) is 27.3 Å². The molecule has 1 heterocycles. The monoisotopic (exact) mass is 930 g/mol. The molecule has 7 rings (SSSR count). The van der Waals surface area contributed by atoms with Gasteiger partial charge in [-0.15, -0.1) is 0 Å². The summed E-state index contributed by atoms with van der Waals surface area (Å²) in [7, 11) is 4.88. The van der Waals surface area contributed by atoms with Crippen molar-refractivity contribution in [3.05, 3.63) is 136 Å². The van der Waals surface area contributed by atoms with Crippen LogP contribution in [0.5, 0.6) is 0 Å². The minimum Gasteiger partial charge on any atom is -0.466 e. The van der Waals surface area contributed by atoms with Crippen LogP contribution in [-0.4, -0.2) is 76.1 Å². The van der Waals surface area contributed by atoms with E-state index in [-0.39, 0.29) is 23.7 Å². The molecule has 0 atom stereocenters. The van der Waals surface area contributed by atoms with Crippen molar-refractivity contribution < 1.29 is 28.7 Å². The predicted octanol–water partition coefficient (Wildman–Crippen LogP) is 10.5. The smallest absolute Gasteiger partial charge is 0.330 e. The first-order chi connectivity index (χ1) is 31.1. The number of esters is 2. The van der Waals surface area contributed by atoms with Crippen molar-refractivity contribution in [3.63, 3.8) is 0 Å². The number of rotatable bonds is 13. The largest absolute Gasteiger partial charge is 0.466 e. The van der Waals surface area contributed by atoms with Crippen molar-refractivity contribution in [1.82, 2.24) is 4.90 Å². The maximum Gasteiger partial charge on any atom is 0.330 e. The van der Waals surface area contributed by atoms with E-state index in [2.05, 4.69) is 61.8 Å². The fourth-order valence-corrected chi connectivity index (χ4v) is 8.89. The molecule has 3 aliphatic rings. The Balaban J connectivity index is 0.000000216. The highest BCUT2D eigenvalue weighted by Crippen LogP contribution is 2.32. The molecule has 0 unspecified atom stereocenters. The molecule has 4 aromatic carbocycles. The summed E-state index contributed by atoms with van der Waals surface area (Å²) in [4.78, 5) is 58.6. The second kappa shape index (κ2) is 24.5. The number of likely N-dealkylation sites (N-methyl/N-ethyl adjacent to an activating group) is 1. The number of nitrogens with zero attached hydrogens (tertiary/aromatic N) is 4. The van der Waals surface area contributed by atoms with E-state index in [9.17, 15) is 19.2 Å². The van der Waals surface area contributed by atoms with Crippen LogP contribution in [0.3, 0.4) is 0 Å². The lowest BCUT2D eigenvalue weighted by Crippen LogP contribution is -2.44. The first kappa shape index (κ1) is 47.9. The molecule has 338 valence electrons. The second-order valence-corrected chi connectivity index (χ2v) is 17.9. The number of hydrogen-bond donors (Lipinski definition) is 0. The molecule has 10 nitrogen and oxygen atoms in total. The molecule has 2 saturated carbocycles. The van der Waals surface area contributed by atoms with Gasteiger partial charge in [-0.2, -0.15) is 0 Å². The first-order valence-corrected chi connectivity index (χ1v) is 23.5. The highest BCUT2D eigenvalue weighted by atomic mass is 79.9.